The molecular weight excluding hydrogens is 274 g/mol. The van der Waals surface area contributed by atoms with Crippen molar-refractivity contribution in [1.29, 1.82) is 0 Å². The van der Waals surface area contributed by atoms with Gasteiger partial charge in [-0.2, -0.15) is 0 Å². The van der Waals surface area contributed by atoms with Gasteiger partial charge in [-0.05, 0) is 12.1 Å². The number of hydrogen-bond acceptors (Lipinski definition) is 5. The van der Waals surface area contributed by atoms with Crippen LogP contribution in [0.15, 0.2) is 12.1 Å². The highest BCUT2D eigenvalue weighted by molar-refractivity contribution is 6.34. The number of benzene rings is 1. The molecule has 7 nitrogen and oxygen atoms in total. The Morgan fingerprint density at radius 3 is 2.42 bits per heavy atom. The predicted octanol–water partition coefficient (Wildman–Crippen LogP) is 0.0832. The first-order valence-electron chi connectivity index (χ1n) is 5.28. The van der Waals surface area contributed by atoms with Crippen LogP contribution in [0.25, 0.3) is 0 Å². The smallest absolute Gasteiger partial charge is 0.337 e. The number of aromatic carboxylic acids is 1. The molecule has 2 rings (SSSR count). The van der Waals surface area contributed by atoms with Gasteiger partial charge in [0.25, 0.3) is 0 Å². The molecule has 2 amide bonds. The summed E-state index contributed by atoms with van der Waals surface area (Å²) in [4.78, 5) is 35.2. The summed E-state index contributed by atoms with van der Waals surface area (Å²) in [6.45, 7) is -0.286. The van der Waals surface area contributed by atoms with Gasteiger partial charge in [-0.25, -0.2) is 4.79 Å². The number of piperazine rings is 1. The van der Waals surface area contributed by atoms with E-state index in [0.717, 1.165) is 0 Å². The Morgan fingerprint density at radius 1 is 1.32 bits per heavy atom. The Bertz CT molecular complexity index is 572. The van der Waals surface area contributed by atoms with Crippen LogP contribution in [0, 0.1) is 0 Å². The van der Waals surface area contributed by atoms with E-state index in [0.29, 0.717) is 0 Å². The van der Waals surface area contributed by atoms with Gasteiger partial charge in [0.05, 0.1) is 29.4 Å². The van der Waals surface area contributed by atoms with Gasteiger partial charge in [-0.15, -0.1) is 0 Å². The van der Waals surface area contributed by atoms with Crippen LogP contribution in [0.4, 0.5) is 11.4 Å². The second-order valence-electron chi connectivity index (χ2n) is 4.03. The topological polar surface area (TPSA) is 113 Å². The van der Waals surface area contributed by atoms with Crippen LogP contribution < -0.4 is 16.0 Å². The molecule has 0 saturated carbocycles. The van der Waals surface area contributed by atoms with Crippen LogP contribution in [-0.4, -0.2) is 36.0 Å². The SMILES string of the molecule is Nc1cc(Cl)c(N2CC(=O)NC(=O)C2)c(C(=O)O)c1. The summed E-state index contributed by atoms with van der Waals surface area (Å²) in [6, 6.07) is 2.61. The molecule has 8 heteroatoms. The lowest BCUT2D eigenvalue weighted by Gasteiger charge is -2.29. The highest BCUT2D eigenvalue weighted by Gasteiger charge is 2.28. The first-order chi connectivity index (χ1) is 8.88. The summed E-state index contributed by atoms with van der Waals surface area (Å²) in [5.74, 6) is -2.26. The summed E-state index contributed by atoms with van der Waals surface area (Å²) in [7, 11) is 0. The number of imide groups is 1. The minimum atomic E-state index is -1.23. The first kappa shape index (κ1) is 13.2. The van der Waals surface area contributed by atoms with Gasteiger partial charge in [0.1, 0.15) is 0 Å². The van der Waals surface area contributed by atoms with Crippen LogP contribution in [0.2, 0.25) is 5.02 Å². The van der Waals surface area contributed by atoms with Crippen LogP contribution in [0.1, 0.15) is 10.4 Å². The lowest BCUT2D eigenvalue weighted by molar-refractivity contribution is -0.130. The van der Waals surface area contributed by atoms with Crippen molar-refractivity contribution in [2.24, 2.45) is 0 Å². The quantitative estimate of drug-likeness (QED) is 0.523. The number of nitrogens with one attached hydrogen (secondary N) is 1. The van der Waals surface area contributed by atoms with Gasteiger partial charge in [0.2, 0.25) is 11.8 Å². The number of rotatable bonds is 2. The van der Waals surface area contributed by atoms with E-state index in [2.05, 4.69) is 5.32 Å². The molecule has 0 atom stereocenters. The summed E-state index contributed by atoms with van der Waals surface area (Å²) in [5, 5.41) is 11.4. The average Bonchev–Trinajstić information content (AvgIpc) is 2.25. The summed E-state index contributed by atoms with van der Waals surface area (Å²) >= 11 is 5.98. The minimum Gasteiger partial charge on any atom is -0.478 e. The number of carbonyl (C=O) groups is 3. The average molecular weight is 284 g/mol. The van der Waals surface area contributed by atoms with Crippen molar-refractivity contribution in [2.45, 2.75) is 0 Å². The summed E-state index contributed by atoms with van der Waals surface area (Å²) in [6.07, 6.45) is 0. The van der Waals surface area contributed by atoms with Gasteiger partial charge in [-0.1, -0.05) is 11.6 Å². The molecule has 0 aliphatic carbocycles. The second kappa shape index (κ2) is 4.77. The van der Waals surface area contributed by atoms with Crippen molar-refractivity contribution in [3.8, 4) is 0 Å². The summed E-state index contributed by atoms with van der Waals surface area (Å²) < 4.78 is 0. The van der Waals surface area contributed by atoms with E-state index in [-0.39, 0.29) is 35.1 Å². The van der Waals surface area contributed by atoms with Crippen molar-refractivity contribution in [3.63, 3.8) is 0 Å². The van der Waals surface area contributed by atoms with Gasteiger partial charge >= 0.3 is 5.97 Å². The number of nitrogens with zero attached hydrogens (tertiary/aromatic N) is 1. The maximum atomic E-state index is 11.3. The Morgan fingerprint density at radius 2 is 1.89 bits per heavy atom. The molecular formula is C11H10ClN3O4. The number of halogens is 1. The fraction of sp³-hybridized carbons (Fsp3) is 0.182. The Kier molecular flexibility index (Phi) is 3.30. The Hall–Kier alpha value is -2.28. The third-order valence-corrected chi connectivity index (χ3v) is 2.87. The highest BCUT2D eigenvalue weighted by atomic mass is 35.5. The lowest BCUT2D eigenvalue weighted by atomic mass is 10.1. The van der Waals surface area contributed by atoms with Crippen LogP contribution in [-0.2, 0) is 9.59 Å². The number of carboxylic acids is 1. The number of nitrogens with two attached hydrogens (primary N) is 1. The van der Waals surface area contributed by atoms with Crippen molar-refractivity contribution in [2.75, 3.05) is 23.7 Å². The van der Waals surface area contributed by atoms with Crippen LogP contribution >= 0.6 is 11.6 Å². The third-order valence-electron chi connectivity index (χ3n) is 2.58. The fourth-order valence-electron chi connectivity index (χ4n) is 1.90. The number of anilines is 2. The molecule has 0 unspecified atom stereocenters. The van der Waals surface area contributed by atoms with Gasteiger partial charge < -0.3 is 15.7 Å². The molecule has 0 aromatic heterocycles. The molecule has 0 spiro atoms. The zero-order valence-corrected chi connectivity index (χ0v) is 10.4. The molecule has 1 aromatic rings. The summed E-state index contributed by atoms with van der Waals surface area (Å²) in [5.41, 5.74) is 5.70. The normalized spacial score (nSPS) is 15.3. The van der Waals surface area contributed by atoms with Gasteiger partial charge in [-0.3, -0.25) is 14.9 Å². The van der Waals surface area contributed by atoms with E-state index in [1.54, 1.807) is 0 Å². The molecule has 1 aliphatic heterocycles. The van der Waals surface area contributed by atoms with E-state index in [1.807, 2.05) is 0 Å². The van der Waals surface area contributed by atoms with E-state index in [9.17, 15) is 14.4 Å². The monoisotopic (exact) mass is 283 g/mol. The van der Waals surface area contributed by atoms with Crippen molar-refractivity contribution in [3.05, 3.63) is 22.7 Å². The van der Waals surface area contributed by atoms with Crippen molar-refractivity contribution >= 4 is 40.8 Å². The molecule has 1 heterocycles. The third kappa shape index (κ3) is 2.60. The molecule has 4 N–H and O–H groups in total. The highest BCUT2D eigenvalue weighted by Crippen LogP contribution is 2.33. The number of amides is 2. The maximum absolute atomic E-state index is 11.3. The number of carboxylic acid groups (broad SMARTS) is 1. The zero-order valence-electron chi connectivity index (χ0n) is 9.64. The van der Waals surface area contributed by atoms with E-state index in [4.69, 9.17) is 22.4 Å². The molecule has 1 fully saturated rings. The molecule has 1 aliphatic rings. The largest absolute Gasteiger partial charge is 0.478 e. The van der Waals surface area contributed by atoms with Crippen molar-refractivity contribution < 1.29 is 19.5 Å². The predicted molar refractivity (Wildman–Crippen MR) is 68.2 cm³/mol. The standard InChI is InChI=1S/C11H10ClN3O4/c12-7-2-5(13)1-6(11(18)19)10(7)15-3-8(16)14-9(17)4-15/h1-2H,3-4,13H2,(H,18,19)(H,14,16,17). The van der Waals surface area contributed by atoms with Crippen LogP contribution in [0.3, 0.4) is 0 Å². The van der Waals surface area contributed by atoms with Crippen molar-refractivity contribution in [1.82, 2.24) is 5.32 Å². The molecule has 0 bridgehead atoms. The van der Waals surface area contributed by atoms with Gasteiger partial charge in [0.15, 0.2) is 0 Å². The van der Waals surface area contributed by atoms with Gasteiger partial charge in [0, 0.05) is 5.69 Å². The molecule has 0 radical (unpaired) electrons. The molecule has 1 aromatic carbocycles. The molecule has 100 valence electrons. The molecule has 1 saturated heterocycles. The maximum Gasteiger partial charge on any atom is 0.337 e. The lowest BCUT2D eigenvalue weighted by Crippen LogP contribution is -2.52. The zero-order chi connectivity index (χ0) is 14.2. The van der Waals surface area contributed by atoms with E-state index >= 15 is 0 Å². The first-order valence-corrected chi connectivity index (χ1v) is 5.66. The molecule has 19 heavy (non-hydrogen) atoms. The minimum absolute atomic E-state index is 0.0832. The van der Waals surface area contributed by atoms with E-state index < -0.39 is 17.8 Å². The Labute approximate surface area is 112 Å². The van der Waals surface area contributed by atoms with Crippen LogP contribution in [0.5, 0.6) is 0 Å². The number of carbonyl (C=O) groups excluding carboxylic acids is 2. The fourth-order valence-corrected chi connectivity index (χ4v) is 2.25. The number of nitrogen functional groups attached to an aromatic ring is 1. The van der Waals surface area contributed by atoms with E-state index in [1.165, 1.54) is 17.0 Å². The second-order valence-corrected chi connectivity index (χ2v) is 4.44. The Balaban J connectivity index is 2.51. The number of hydrogen-bond donors (Lipinski definition) is 3.